The van der Waals surface area contributed by atoms with E-state index < -0.39 is 0 Å². The lowest BCUT2D eigenvalue weighted by atomic mass is 9.94. The van der Waals surface area contributed by atoms with Gasteiger partial charge in [0.2, 0.25) is 0 Å². The van der Waals surface area contributed by atoms with E-state index in [1.165, 1.54) is 5.56 Å². The number of hydrogen-bond donors (Lipinski definition) is 1. The smallest absolute Gasteiger partial charge is 0.157 e. The van der Waals surface area contributed by atoms with Gasteiger partial charge in [-0.3, -0.25) is 4.90 Å². The largest absolute Gasteiger partial charge is 0.481 e. The molecule has 0 unspecified atom stereocenters. The lowest BCUT2D eigenvalue weighted by Crippen LogP contribution is -2.34. The van der Waals surface area contributed by atoms with Gasteiger partial charge in [0.05, 0.1) is 11.4 Å². The Labute approximate surface area is 165 Å². The molecule has 144 valence electrons. The number of aryl methyl sites for hydroxylation is 1. The van der Waals surface area contributed by atoms with Gasteiger partial charge in [-0.25, -0.2) is 4.98 Å². The first-order valence-electron chi connectivity index (χ1n) is 9.63. The summed E-state index contributed by atoms with van der Waals surface area (Å²) >= 11 is 0. The normalized spacial score (nSPS) is 17.5. The summed E-state index contributed by atoms with van der Waals surface area (Å²) < 4.78 is 7.25. The van der Waals surface area contributed by atoms with Crippen molar-refractivity contribution in [3.8, 4) is 18.1 Å². The topological polar surface area (TPSA) is 68.7 Å². The van der Waals surface area contributed by atoms with E-state index in [2.05, 4.69) is 28.1 Å². The highest BCUT2D eigenvalue weighted by atomic mass is 16.5. The van der Waals surface area contributed by atoms with E-state index in [9.17, 15) is 0 Å². The van der Waals surface area contributed by atoms with Gasteiger partial charge < -0.3 is 10.5 Å². The Morgan fingerprint density at radius 1 is 1.32 bits per heavy atom. The van der Waals surface area contributed by atoms with Crippen molar-refractivity contribution in [2.24, 2.45) is 0 Å². The van der Waals surface area contributed by atoms with Gasteiger partial charge in [-0.05, 0) is 44.0 Å². The van der Waals surface area contributed by atoms with Gasteiger partial charge in [0, 0.05) is 31.1 Å². The van der Waals surface area contributed by atoms with E-state index in [0.29, 0.717) is 18.3 Å². The van der Waals surface area contributed by atoms with Gasteiger partial charge in [0.15, 0.2) is 5.65 Å². The fourth-order valence-corrected chi connectivity index (χ4v) is 3.90. The maximum absolute atomic E-state index is 6.21. The van der Waals surface area contributed by atoms with Crippen molar-refractivity contribution in [3.05, 3.63) is 53.3 Å². The van der Waals surface area contributed by atoms with Crippen molar-refractivity contribution in [1.82, 2.24) is 19.5 Å². The number of fused-ring (bicyclic) bond motifs is 1. The van der Waals surface area contributed by atoms with Crippen LogP contribution in [0.1, 0.15) is 35.7 Å². The molecule has 3 heterocycles. The van der Waals surface area contributed by atoms with Crippen molar-refractivity contribution in [3.63, 3.8) is 0 Å². The Kier molecular flexibility index (Phi) is 5.18. The molecule has 0 aliphatic carbocycles. The van der Waals surface area contributed by atoms with Gasteiger partial charge in [0.25, 0.3) is 0 Å². The maximum atomic E-state index is 6.21. The van der Waals surface area contributed by atoms with Crippen LogP contribution in [-0.4, -0.2) is 39.2 Å². The van der Waals surface area contributed by atoms with Gasteiger partial charge >= 0.3 is 0 Å². The predicted molar refractivity (Wildman–Crippen MR) is 110 cm³/mol. The Hall–Kier alpha value is -3.04. The molecule has 6 heteroatoms. The van der Waals surface area contributed by atoms with Crippen LogP contribution in [0.3, 0.4) is 0 Å². The van der Waals surface area contributed by atoms with Crippen LogP contribution in [0.5, 0.6) is 5.75 Å². The number of benzene rings is 1. The highest BCUT2D eigenvalue weighted by molar-refractivity contribution is 5.48. The van der Waals surface area contributed by atoms with Crippen LogP contribution >= 0.6 is 0 Å². The van der Waals surface area contributed by atoms with Crippen molar-refractivity contribution in [1.29, 1.82) is 0 Å². The second-order valence-electron chi connectivity index (χ2n) is 7.38. The van der Waals surface area contributed by atoms with E-state index in [1.54, 1.807) is 4.52 Å². The molecule has 6 nitrogen and oxygen atoms in total. The first kappa shape index (κ1) is 18.3. The number of likely N-dealkylation sites (tertiary alicyclic amines) is 1. The molecule has 0 radical (unpaired) electrons. The zero-order valence-corrected chi connectivity index (χ0v) is 16.1. The van der Waals surface area contributed by atoms with Crippen molar-refractivity contribution < 1.29 is 4.74 Å². The summed E-state index contributed by atoms with van der Waals surface area (Å²) in [6.07, 6.45) is 7.54. The van der Waals surface area contributed by atoms with E-state index in [4.69, 9.17) is 21.9 Å². The fraction of sp³-hybridized carbons (Fsp3) is 0.364. The van der Waals surface area contributed by atoms with Crippen molar-refractivity contribution >= 4 is 11.5 Å². The highest BCUT2D eigenvalue weighted by Crippen LogP contribution is 2.28. The number of anilines is 1. The summed E-state index contributed by atoms with van der Waals surface area (Å²) in [6, 6.07) is 12.1. The molecule has 0 spiro atoms. The number of piperidine rings is 1. The zero-order chi connectivity index (χ0) is 19.5. The third-order valence-electron chi connectivity index (χ3n) is 5.15. The number of aromatic nitrogens is 3. The Morgan fingerprint density at radius 3 is 3.07 bits per heavy atom. The number of terminal acetylenes is 1. The van der Waals surface area contributed by atoms with Crippen LogP contribution in [0.25, 0.3) is 5.65 Å². The fourth-order valence-electron chi connectivity index (χ4n) is 3.90. The van der Waals surface area contributed by atoms with Crippen LogP contribution in [0.4, 0.5) is 5.82 Å². The highest BCUT2D eigenvalue weighted by Gasteiger charge is 2.23. The number of nitrogen functional groups attached to an aromatic ring is 1. The number of hydrogen-bond acceptors (Lipinski definition) is 5. The molecule has 0 amide bonds. The lowest BCUT2D eigenvalue weighted by Gasteiger charge is -2.32. The van der Waals surface area contributed by atoms with Gasteiger partial charge in [-0.15, -0.1) is 6.42 Å². The SMILES string of the molecule is C#CCOc1cccc(CN2CCC[C@@H](c3cc(N)n4nc(C)cc4n3)C2)c1. The molecule has 1 atom stereocenters. The third kappa shape index (κ3) is 3.95. The summed E-state index contributed by atoms with van der Waals surface area (Å²) in [4.78, 5) is 7.30. The summed E-state index contributed by atoms with van der Waals surface area (Å²) in [7, 11) is 0. The molecule has 1 aliphatic heterocycles. The number of ether oxygens (including phenoxy) is 1. The standard InChI is InChI=1S/C22H25N5O/c1-3-10-28-19-8-4-6-17(12-19)14-26-9-5-7-18(15-26)20-13-21(23)27-22(24-20)11-16(2)25-27/h1,4,6,8,11-13,18H,5,7,9-10,14-15,23H2,2H3/t18-/m1/s1. The molecule has 1 fully saturated rings. The second kappa shape index (κ2) is 7.91. The van der Waals surface area contributed by atoms with E-state index in [0.717, 1.165) is 55.3 Å². The van der Waals surface area contributed by atoms with Crippen LogP contribution in [0, 0.1) is 19.3 Å². The second-order valence-corrected chi connectivity index (χ2v) is 7.38. The third-order valence-corrected chi connectivity index (χ3v) is 5.15. The molecular weight excluding hydrogens is 350 g/mol. The average Bonchev–Trinajstić information content (AvgIpc) is 3.08. The van der Waals surface area contributed by atoms with Crippen LogP contribution < -0.4 is 10.5 Å². The minimum absolute atomic E-state index is 0.291. The molecule has 1 aromatic carbocycles. The van der Waals surface area contributed by atoms with Gasteiger partial charge in [0.1, 0.15) is 18.2 Å². The van der Waals surface area contributed by atoms with E-state index in [1.807, 2.05) is 31.2 Å². The summed E-state index contributed by atoms with van der Waals surface area (Å²) in [5.41, 5.74) is 10.2. The molecule has 4 rings (SSSR count). The number of nitrogens with two attached hydrogens (primary N) is 1. The average molecular weight is 375 g/mol. The van der Waals surface area contributed by atoms with Gasteiger partial charge in [-0.2, -0.15) is 9.61 Å². The lowest BCUT2D eigenvalue weighted by molar-refractivity contribution is 0.198. The van der Waals surface area contributed by atoms with E-state index >= 15 is 0 Å². The Balaban J connectivity index is 1.48. The molecular formula is C22H25N5O. The maximum Gasteiger partial charge on any atom is 0.157 e. The Morgan fingerprint density at radius 2 is 2.21 bits per heavy atom. The van der Waals surface area contributed by atoms with Crippen molar-refractivity contribution in [2.45, 2.75) is 32.2 Å². The summed E-state index contributed by atoms with van der Waals surface area (Å²) in [5.74, 6) is 4.34. The molecule has 3 aromatic rings. The monoisotopic (exact) mass is 375 g/mol. The first-order valence-corrected chi connectivity index (χ1v) is 9.63. The van der Waals surface area contributed by atoms with E-state index in [-0.39, 0.29) is 0 Å². The van der Waals surface area contributed by atoms with Crippen molar-refractivity contribution in [2.75, 3.05) is 25.4 Å². The molecule has 0 bridgehead atoms. The minimum Gasteiger partial charge on any atom is -0.481 e. The molecule has 1 aliphatic rings. The number of nitrogens with zero attached hydrogens (tertiary/aromatic N) is 4. The first-order chi connectivity index (χ1) is 13.6. The molecule has 0 saturated carbocycles. The summed E-state index contributed by atoms with van der Waals surface area (Å²) in [6.45, 7) is 5.17. The summed E-state index contributed by atoms with van der Waals surface area (Å²) in [5, 5.41) is 4.39. The molecule has 28 heavy (non-hydrogen) atoms. The minimum atomic E-state index is 0.291. The quantitative estimate of drug-likeness (QED) is 0.694. The molecule has 1 saturated heterocycles. The molecule has 2 N–H and O–H groups in total. The Bertz CT molecular complexity index is 1020. The van der Waals surface area contributed by atoms with Crippen LogP contribution in [-0.2, 0) is 6.54 Å². The number of rotatable bonds is 5. The predicted octanol–water partition coefficient (Wildman–Crippen LogP) is 3.01. The molecule has 2 aromatic heterocycles. The van der Waals surface area contributed by atoms with Crippen LogP contribution in [0.15, 0.2) is 36.4 Å². The van der Waals surface area contributed by atoms with Crippen LogP contribution in [0.2, 0.25) is 0 Å². The zero-order valence-electron chi connectivity index (χ0n) is 16.1. The van der Waals surface area contributed by atoms with Gasteiger partial charge in [-0.1, -0.05) is 18.1 Å².